The first-order valence-corrected chi connectivity index (χ1v) is 8.95. The van der Waals surface area contributed by atoms with Crippen molar-refractivity contribution in [1.82, 2.24) is 10.2 Å². The summed E-state index contributed by atoms with van der Waals surface area (Å²) in [5.74, 6) is -2.10. The first-order chi connectivity index (χ1) is 11.6. The van der Waals surface area contributed by atoms with Crippen molar-refractivity contribution in [2.24, 2.45) is 0 Å². The smallest absolute Gasteiger partial charge is 0.328 e. The third-order valence-corrected chi connectivity index (χ3v) is 6.85. The lowest BCUT2D eigenvalue weighted by Gasteiger charge is -2.43. The average molecular weight is 365 g/mol. The van der Waals surface area contributed by atoms with Crippen molar-refractivity contribution in [3.8, 4) is 0 Å². The second-order valence-electron chi connectivity index (χ2n) is 6.74. The van der Waals surface area contributed by atoms with E-state index in [0.717, 1.165) is 10.5 Å². The Morgan fingerprint density at radius 3 is 2.48 bits per heavy atom. The fourth-order valence-electron chi connectivity index (χ4n) is 3.34. The van der Waals surface area contributed by atoms with E-state index >= 15 is 0 Å². The van der Waals surface area contributed by atoms with Gasteiger partial charge in [0, 0.05) is 5.69 Å². The van der Waals surface area contributed by atoms with Gasteiger partial charge < -0.3 is 21.1 Å². The van der Waals surface area contributed by atoms with E-state index in [1.807, 2.05) is 0 Å². The number of carbonyl (C=O) groups excluding carboxylic acids is 2. The number of carbonyl (C=O) groups is 3. The van der Waals surface area contributed by atoms with Gasteiger partial charge in [-0.3, -0.25) is 13.8 Å². The van der Waals surface area contributed by atoms with E-state index in [0.29, 0.717) is 5.69 Å². The van der Waals surface area contributed by atoms with Crippen LogP contribution in [0.5, 0.6) is 0 Å². The zero-order valence-electron chi connectivity index (χ0n) is 13.8. The summed E-state index contributed by atoms with van der Waals surface area (Å²) in [6.07, 6.45) is 0.0508. The van der Waals surface area contributed by atoms with Gasteiger partial charge in [-0.25, -0.2) is 4.79 Å². The lowest BCUT2D eigenvalue weighted by Crippen LogP contribution is -2.71. The number of carboxylic acids is 1. The van der Waals surface area contributed by atoms with Crippen molar-refractivity contribution in [2.75, 3.05) is 5.73 Å². The highest BCUT2D eigenvalue weighted by molar-refractivity contribution is 7.87. The Morgan fingerprint density at radius 1 is 1.32 bits per heavy atom. The molecule has 2 amide bonds. The van der Waals surface area contributed by atoms with Gasteiger partial charge in [0.25, 0.3) is 0 Å². The predicted octanol–water partition coefficient (Wildman–Crippen LogP) is -0.541. The average Bonchev–Trinajstić information content (AvgIpc) is 2.72. The van der Waals surface area contributed by atoms with E-state index in [9.17, 15) is 23.7 Å². The number of nitrogens with two attached hydrogens (primary N) is 1. The van der Waals surface area contributed by atoms with E-state index in [-0.39, 0.29) is 6.42 Å². The number of benzene rings is 1. The highest BCUT2D eigenvalue weighted by atomic mass is 32.2. The lowest BCUT2D eigenvalue weighted by molar-refractivity contribution is -0.161. The number of hydrogen-bond donors (Lipinski definition) is 3. The number of amides is 2. The van der Waals surface area contributed by atoms with Crippen LogP contribution in [-0.2, 0) is 31.6 Å². The van der Waals surface area contributed by atoms with Crippen molar-refractivity contribution in [2.45, 2.75) is 42.5 Å². The van der Waals surface area contributed by atoms with Crippen LogP contribution in [0.3, 0.4) is 0 Å². The zero-order chi connectivity index (χ0) is 18.5. The van der Waals surface area contributed by atoms with Crippen LogP contribution in [-0.4, -0.2) is 54.2 Å². The number of hydrogen-bond acceptors (Lipinski definition) is 5. The Hall–Kier alpha value is -2.42. The number of rotatable bonds is 4. The van der Waals surface area contributed by atoms with Gasteiger partial charge in [0.05, 0.1) is 22.0 Å². The van der Waals surface area contributed by atoms with Crippen molar-refractivity contribution in [3.63, 3.8) is 0 Å². The Balaban J connectivity index is 1.72. The van der Waals surface area contributed by atoms with Crippen LogP contribution in [0.1, 0.15) is 19.4 Å². The molecule has 1 aromatic carbocycles. The van der Waals surface area contributed by atoms with Gasteiger partial charge in [0.1, 0.15) is 17.5 Å². The summed E-state index contributed by atoms with van der Waals surface area (Å²) in [4.78, 5) is 37.1. The van der Waals surface area contributed by atoms with Crippen molar-refractivity contribution in [1.29, 1.82) is 0 Å². The van der Waals surface area contributed by atoms with Gasteiger partial charge >= 0.3 is 5.97 Å². The molecule has 2 fully saturated rings. The topological polar surface area (TPSA) is 130 Å². The number of anilines is 1. The van der Waals surface area contributed by atoms with E-state index in [4.69, 9.17) is 5.73 Å². The second-order valence-corrected chi connectivity index (χ2v) is 8.87. The molecule has 0 spiro atoms. The monoisotopic (exact) mass is 365 g/mol. The molecule has 2 saturated heterocycles. The van der Waals surface area contributed by atoms with Gasteiger partial charge in [-0.15, -0.1) is 0 Å². The van der Waals surface area contributed by atoms with Crippen molar-refractivity contribution < 1.29 is 23.7 Å². The second kappa shape index (κ2) is 5.83. The summed E-state index contributed by atoms with van der Waals surface area (Å²) in [6.45, 7) is 3.11. The van der Waals surface area contributed by atoms with Crippen LogP contribution >= 0.6 is 0 Å². The molecule has 0 radical (unpaired) electrons. The number of β-lactam (4-membered cyclic amide) rings is 1. The fourth-order valence-corrected chi connectivity index (χ4v) is 5.26. The van der Waals surface area contributed by atoms with Gasteiger partial charge in [-0.2, -0.15) is 0 Å². The molecule has 1 aromatic rings. The molecule has 134 valence electrons. The van der Waals surface area contributed by atoms with Gasteiger partial charge in [-0.1, -0.05) is 12.1 Å². The van der Waals surface area contributed by atoms with Crippen LogP contribution in [0.4, 0.5) is 5.69 Å². The molecule has 2 aliphatic heterocycles. The Bertz CT molecular complexity index is 776. The molecular weight excluding hydrogens is 346 g/mol. The molecule has 9 heteroatoms. The molecule has 3 rings (SSSR count). The molecule has 0 saturated carbocycles. The first-order valence-electron chi connectivity index (χ1n) is 7.74. The standard InChI is InChI=1S/C16H19N3O5S/c1-16(2)12(15(22)23)19-13(21)11(14(19)25(16)24)18-10(20)7-8-3-5-9(17)6-4-8/h3-6,11-12,14H,7,17H2,1-2H3,(H,18,20)(H,22,23)/t11-,12+,14-,25-/m1/s1. The summed E-state index contributed by atoms with van der Waals surface area (Å²) in [7, 11) is -1.60. The molecule has 2 aliphatic rings. The number of nitrogens with zero attached hydrogens (tertiary/aromatic N) is 1. The lowest BCUT2D eigenvalue weighted by atomic mass is 9.96. The normalized spacial score (nSPS) is 29.7. The molecular formula is C16H19N3O5S. The number of fused-ring (bicyclic) bond motifs is 1. The molecule has 2 heterocycles. The van der Waals surface area contributed by atoms with Gasteiger partial charge in [-0.05, 0) is 31.5 Å². The largest absolute Gasteiger partial charge is 0.480 e. The van der Waals surface area contributed by atoms with E-state index in [1.165, 1.54) is 0 Å². The zero-order valence-corrected chi connectivity index (χ0v) is 14.6. The fraction of sp³-hybridized carbons (Fsp3) is 0.438. The molecule has 4 atom stereocenters. The van der Waals surface area contributed by atoms with Crippen LogP contribution in [0.2, 0.25) is 0 Å². The Labute approximate surface area is 146 Å². The molecule has 0 aromatic heterocycles. The summed E-state index contributed by atoms with van der Waals surface area (Å²) < 4.78 is 11.5. The molecule has 0 unspecified atom stereocenters. The van der Waals surface area contributed by atoms with Crippen molar-refractivity contribution in [3.05, 3.63) is 29.8 Å². The maximum absolute atomic E-state index is 12.6. The maximum Gasteiger partial charge on any atom is 0.328 e. The molecule has 25 heavy (non-hydrogen) atoms. The minimum atomic E-state index is -1.60. The summed E-state index contributed by atoms with van der Waals surface area (Å²) >= 11 is 0. The Kier molecular flexibility index (Phi) is 4.06. The van der Waals surface area contributed by atoms with Gasteiger partial charge in [0.2, 0.25) is 11.8 Å². The summed E-state index contributed by atoms with van der Waals surface area (Å²) in [6, 6.07) is 4.65. The van der Waals surface area contributed by atoms with E-state index in [1.54, 1.807) is 38.1 Å². The number of aliphatic carboxylic acids is 1. The van der Waals surface area contributed by atoms with Crippen LogP contribution < -0.4 is 11.1 Å². The number of nitrogen functional groups attached to an aromatic ring is 1. The minimum Gasteiger partial charge on any atom is -0.480 e. The Morgan fingerprint density at radius 2 is 1.92 bits per heavy atom. The highest BCUT2D eigenvalue weighted by Gasteiger charge is 2.68. The van der Waals surface area contributed by atoms with Gasteiger partial charge in [0.15, 0.2) is 0 Å². The minimum absolute atomic E-state index is 0.0508. The SMILES string of the molecule is CC1(C)[C@H](C(=O)O)N2C(=O)[C@@H](NC(=O)Cc3ccc(N)cc3)[C@H]2[S@]1=O. The number of carboxylic acid groups (broad SMARTS) is 1. The maximum atomic E-state index is 12.6. The third-order valence-electron chi connectivity index (χ3n) is 4.65. The first kappa shape index (κ1) is 17.4. The predicted molar refractivity (Wildman–Crippen MR) is 90.8 cm³/mol. The van der Waals surface area contributed by atoms with Crippen molar-refractivity contribution >= 4 is 34.3 Å². The molecule has 8 nitrogen and oxygen atoms in total. The van der Waals surface area contributed by atoms with E-state index < -0.39 is 50.8 Å². The number of nitrogens with one attached hydrogen (secondary N) is 1. The summed E-state index contributed by atoms with van der Waals surface area (Å²) in [5.41, 5.74) is 6.90. The summed E-state index contributed by atoms with van der Waals surface area (Å²) in [5, 5.41) is 11.1. The molecule has 0 aliphatic carbocycles. The highest BCUT2D eigenvalue weighted by Crippen LogP contribution is 2.43. The molecule has 0 bridgehead atoms. The third kappa shape index (κ3) is 2.68. The van der Waals surface area contributed by atoms with Crippen LogP contribution in [0.15, 0.2) is 24.3 Å². The van der Waals surface area contributed by atoms with Crippen LogP contribution in [0, 0.1) is 0 Å². The van der Waals surface area contributed by atoms with Crippen LogP contribution in [0.25, 0.3) is 0 Å². The quantitative estimate of drug-likeness (QED) is 0.485. The molecule has 4 N–H and O–H groups in total. The van der Waals surface area contributed by atoms with E-state index in [2.05, 4.69) is 5.32 Å².